The standard InChI is InChI=1S/C18H21FN2O2S/c1-12-15(10-24-21-12)17(23)20-11-18(8-2-3-16(18)22)9-13-4-6-14(19)7-5-13/h4-7,10,16,22H,2-3,8-9,11H2,1H3,(H,20,23). The van der Waals surface area contributed by atoms with Crippen LogP contribution >= 0.6 is 11.5 Å². The molecule has 1 amide bonds. The fraction of sp³-hybridized carbons (Fsp3) is 0.444. The number of nitrogens with zero attached hydrogens (tertiary/aromatic N) is 1. The molecule has 6 heteroatoms. The molecule has 0 radical (unpaired) electrons. The minimum atomic E-state index is -0.468. The zero-order valence-corrected chi connectivity index (χ0v) is 14.4. The molecule has 1 aromatic heterocycles. The number of nitrogens with one attached hydrogen (secondary N) is 1. The average molecular weight is 348 g/mol. The molecule has 2 unspecified atom stereocenters. The summed E-state index contributed by atoms with van der Waals surface area (Å²) in [6.45, 7) is 2.21. The smallest absolute Gasteiger partial charge is 0.254 e. The van der Waals surface area contributed by atoms with Crippen molar-refractivity contribution < 1.29 is 14.3 Å². The average Bonchev–Trinajstić information content (AvgIpc) is 3.14. The van der Waals surface area contributed by atoms with Crippen molar-refractivity contribution in [3.8, 4) is 0 Å². The summed E-state index contributed by atoms with van der Waals surface area (Å²) in [5.41, 5.74) is 1.88. The number of carbonyl (C=O) groups is 1. The maximum Gasteiger partial charge on any atom is 0.254 e. The first-order chi connectivity index (χ1) is 11.5. The largest absolute Gasteiger partial charge is 0.392 e. The van der Waals surface area contributed by atoms with Gasteiger partial charge in [-0.2, -0.15) is 4.37 Å². The maximum absolute atomic E-state index is 13.1. The highest BCUT2D eigenvalue weighted by Crippen LogP contribution is 2.41. The summed E-state index contributed by atoms with van der Waals surface area (Å²) in [5, 5.41) is 15.2. The van der Waals surface area contributed by atoms with Gasteiger partial charge in [0.25, 0.3) is 5.91 Å². The topological polar surface area (TPSA) is 62.2 Å². The first-order valence-electron chi connectivity index (χ1n) is 8.12. The van der Waals surface area contributed by atoms with Crippen molar-refractivity contribution in [2.75, 3.05) is 6.54 Å². The number of aryl methyl sites for hydroxylation is 1. The number of rotatable bonds is 5. The second-order valence-electron chi connectivity index (χ2n) is 6.57. The molecule has 1 heterocycles. The van der Waals surface area contributed by atoms with Gasteiger partial charge in [0.1, 0.15) is 5.82 Å². The zero-order valence-electron chi connectivity index (χ0n) is 13.6. The number of aliphatic hydroxyl groups is 1. The molecule has 128 valence electrons. The molecule has 2 aromatic rings. The van der Waals surface area contributed by atoms with Crippen LogP contribution in [-0.2, 0) is 6.42 Å². The van der Waals surface area contributed by atoms with E-state index in [1.807, 2.05) is 6.92 Å². The summed E-state index contributed by atoms with van der Waals surface area (Å²) in [4.78, 5) is 12.4. The van der Waals surface area contributed by atoms with Crippen molar-refractivity contribution in [2.24, 2.45) is 5.41 Å². The van der Waals surface area contributed by atoms with Crippen LogP contribution in [0.2, 0.25) is 0 Å². The number of benzene rings is 1. The van der Waals surface area contributed by atoms with E-state index in [0.29, 0.717) is 18.5 Å². The van der Waals surface area contributed by atoms with E-state index in [1.165, 1.54) is 23.7 Å². The second kappa shape index (κ2) is 6.99. The molecule has 0 saturated heterocycles. The second-order valence-corrected chi connectivity index (χ2v) is 7.20. The maximum atomic E-state index is 13.1. The number of carbonyl (C=O) groups excluding carboxylic acids is 1. The van der Waals surface area contributed by atoms with E-state index in [9.17, 15) is 14.3 Å². The van der Waals surface area contributed by atoms with Crippen LogP contribution in [0.4, 0.5) is 4.39 Å². The molecule has 1 aliphatic rings. The van der Waals surface area contributed by atoms with Gasteiger partial charge in [-0.3, -0.25) is 4.79 Å². The molecule has 0 bridgehead atoms. The number of aliphatic hydroxyl groups excluding tert-OH is 1. The minimum Gasteiger partial charge on any atom is -0.392 e. The summed E-state index contributed by atoms with van der Waals surface area (Å²) in [7, 11) is 0. The van der Waals surface area contributed by atoms with Gasteiger partial charge in [-0.15, -0.1) is 0 Å². The Labute approximate surface area is 144 Å². The Hall–Kier alpha value is -1.79. The van der Waals surface area contributed by atoms with Crippen molar-refractivity contribution in [2.45, 2.75) is 38.7 Å². The molecule has 1 fully saturated rings. The van der Waals surface area contributed by atoms with Crippen LogP contribution in [-0.4, -0.2) is 28.0 Å². The van der Waals surface area contributed by atoms with E-state index < -0.39 is 11.5 Å². The highest BCUT2D eigenvalue weighted by Gasteiger charge is 2.42. The third-order valence-electron chi connectivity index (χ3n) is 4.92. The highest BCUT2D eigenvalue weighted by molar-refractivity contribution is 7.03. The van der Waals surface area contributed by atoms with E-state index >= 15 is 0 Å². The van der Waals surface area contributed by atoms with E-state index in [1.54, 1.807) is 17.5 Å². The normalized spacial score (nSPS) is 23.4. The predicted molar refractivity (Wildman–Crippen MR) is 91.6 cm³/mol. The van der Waals surface area contributed by atoms with Crippen LogP contribution in [0, 0.1) is 18.2 Å². The van der Waals surface area contributed by atoms with E-state index in [2.05, 4.69) is 9.69 Å². The molecule has 2 atom stereocenters. The van der Waals surface area contributed by atoms with Gasteiger partial charge in [-0.05, 0) is 55.4 Å². The van der Waals surface area contributed by atoms with Gasteiger partial charge >= 0.3 is 0 Å². The third-order valence-corrected chi connectivity index (χ3v) is 5.64. The lowest BCUT2D eigenvalue weighted by Crippen LogP contribution is -2.44. The quantitative estimate of drug-likeness (QED) is 0.873. The van der Waals surface area contributed by atoms with Crippen molar-refractivity contribution in [1.29, 1.82) is 0 Å². The summed E-state index contributed by atoms with van der Waals surface area (Å²) in [5.74, 6) is -0.424. The number of halogens is 1. The van der Waals surface area contributed by atoms with Crippen molar-refractivity contribution in [3.63, 3.8) is 0 Å². The van der Waals surface area contributed by atoms with Crippen LogP contribution in [0.25, 0.3) is 0 Å². The molecule has 0 aliphatic heterocycles. The summed E-state index contributed by atoms with van der Waals surface area (Å²) in [6.07, 6.45) is 2.65. The van der Waals surface area contributed by atoms with Crippen LogP contribution in [0.3, 0.4) is 0 Å². The van der Waals surface area contributed by atoms with Crippen LogP contribution in [0.15, 0.2) is 29.6 Å². The molecule has 2 N–H and O–H groups in total. The monoisotopic (exact) mass is 348 g/mol. The number of hydrogen-bond acceptors (Lipinski definition) is 4. The number of hydrogen-bond donors (Lipinski definition) is 2. The lowest BCUT2D eigenvalue weighted by Gasteiger charge is -2.33. The Morgan fingerprint density at radius 3 is 2.79 bits per heavy atom. The molecule has 0 spiro atoms. The van der Waals surface area contributed by atoms with Gasteiger partial charge in [0, 0.05) is 17.3 Å². The van der Waals surface area contributed by atoms with Crippen LogP contribution < -0.4 is 5.32 Å². The molecular weight excluding hydrogens is 327 g/mol. The molecule has 1 aromatic carbocycles. The van der Waals surface area contributed by atoms with Gasteiger partial charge in [0.2, 0.25) is 0 Å². The third kappa shape index (κ3) is 3.49. The summed E-state index contributed by atoms with van der Waals surface area (Å²) < 4.78 is 17.2. The Bertz CT molecular complexity index is 716. The van der Waals surface area contributed by atoms with Gasteiger partial charge in [-0.1, -0.05) is 18.6 Å². The van der Waals surface area contributed by atoms with E-state index in [-0.39, 0.29) is 11.7 Å². The first-order valence-corrected chi connectivity index (χ1v) is 8.95. The molecule has 4 nitrogen and oxygen atoms in total. The Kier molecular flexibility index (Phi) is 4.96. The molecular formula is C18H21FN2O2S. The van der Waals surface area contributed by atoms with Gasteiger partial charge in [0.05, 0.1) is 17.4 Å². The predicted octanol–water partition coefficient (Wildman–Crippen LogP) is 3.09. The van der Waals surface area contributed by atoms with Gasteiger partial charge < -0.3 is 10.4 Å². The molecule has 3 rings (SSSR count). The van der Waals surface area contributed by atoms with Crippen molar-refractivity contribution >= 4 is 17.4 Å². The fourth-order valence-electron chi connectivity index (χ4n) is 3.47. The van der Waals surface area contributed by atoms with Gasteiger partial charge in [0.15, 0.2) is 0 Å². The number of amides is 1. The highest BCUT2D eigenvalue weighted by atomic mass is 32.1. The lowest BCUT2D eigenvalue weighted by atomic mass is 9.78. The fourth-order valence-corrected chi connectivity index (χ4v) is 4.16. The molecule has 1 saturated carbocycles. The summed E-state index contributed by atoms with van der Waals surface area (Å²) in [6, 6.07) is 6.36. The van der Waals surface area contributed by atoms with E-state index in [0.717, 1.165) is 30.5 Å². The number of aromatic nitrogens is 1. The minimum absolute atomic E-state index is 0.154. The van der Waals surface area contributed by atoms with Crippen molar-refractivity contribution in [3.05, 3.63) is 52.3 Å². The molecule has 1 aliphatic carbocycles. The van der Waals surface area contributed by atoms with E-state index in [4.69, 9.17) is 0 Å². The summed E-state index contributed by atoms with van der Waals surface area (Å²) >= 11 is 1.26. The lowest BCUT2D eigenvalue weighted by molar-refractivity contribution is 0.0500. The van der Waals surface area contributed by atoms with Crippen molar-refractivity contribution in [1.82, 2.24) is 9.69 Å². The Morgan fingerprint density at radius 2 is 2.21 bits per heavy atom. The Morgan fingerprint density at radius 1 is 1.46 bits per heavy atom. The van der Waals surface area contributed by atoms with Crippen LogP contribution in [0.1, 0.15) is 40.9 Å². The zero-order chi connectivity index (χ0) is 17.2. The SMILES string of the molecule is Cc1nscc1C(=O)NCC1(Cc2ccc(F)cc2)CCCC1O. The molecule has 24 heavy (non-hydrogen) atoms. The van der Waals surface area contributed by atoms with Crippen LogP contribution in [0.5, 0.6) is 0 Å². The Balaban J connectivity index is 1.73. The first kappa shape index (κ1) is 17.0. The van der Waals surface area contributed by atoms with Gasteiger partial charge in [-0.25, -0.2) is 4.39 Å².